The van der Waals surface area contributed by atoms with Crippen LogP contribution in [0.2, 0.25) is 0 Å². The van der Waals surface area contributed by atoms with Gasteiger partial charge in [0.25, 0.3) is 0 Å². The Morgan fingerprint density at radius 2 is 2.18 bits per heavy atom. The molecule has 0 heterocycles. The lowest BCUT2D eigenvalue weighted by Crippen LogP contribution is -2.40. The normalized spacial score (nSPS) is 24.2. The van der Waals surface area contributed by atoms with Gasteiger partial charge >= 0.3 is 0 Å². The fourth-order valence-electron chi connectivity index (χ4n) is 2.38. The molecule has 100 valence electrons. The maximum absolute atomic E-state index is 11.6. The maximum Gasteiger partial charge on any atom is 0.234 e. The number of nitrogens with one attached hydrogen (secondary N) is 1. The molecule has 1 rings (SSSR count). The number of nitrogens with zero attached hydrogens (tertiary/aromatic N) is 1. The van der Waals surface area contributed by atoms with E-state index in [1.165, 1.54) is 25.0 Å². The summed E-state index contributed by atoms with van der Waals surface area (Å²) in [5.74, 6) is 1.37. The third-order valence-corrected chi connectivity index (χ3v) is 4.58. The van der Waals surface area contributed by atoms with E-state index in [1.807, 2.05) is 0 Å². The van der Waals surface area contributed by atoms with Gasteiger partial charge in [-0.15, -0.1) is 0 Å². The predicted molar refractivity (Wildman–Crippen MR) is 75.5 cm³/mol. The first-order valence-electron chi connectivity index (χ1n) is 6.75. The van der Waals surface area contributed by atoms with Gasteiger partial charge < -0.3 is 5.32 Å². The Hall–Kier alpha value is -0.220. The third kappa shape index (κ3) is 5.30. The second kappa shape index (κ2) is 7.98. The van der Waals surface area contributed by atoms with Crippen LogP contribution in [0.15, 0.2) is 0 Å². The van der Waals surface area contributed by atoms with Crippen LogP contribution in [-0.4, -0.2) is 48.0 Å². The first kappa shape index (κ1) is 14.8. The topological polar surface area (TPSA) is 32.3 Å². The van der Waals surface area contributed by atoms with Crippen molar-refractivity contribution in [1.29, 1.82) is 0 Å². The average Bonchev–Trinajstić information content (AvgIpc) is 2.75. The van der Waals surface area contributed by atoms with Gasteiger partial charge in [-0.1, -0.05) is 13.8 Å². The molecule has 1 amide bonds. The lowest BCUT2D eigenvalue weighted by molar-refractivity contribution is -0.122. The van der Waals surface area contributed by atoms with Crippen molar-refractivity contribution in [2.24, 2.45) is 0 Å². The summed E-state index contributed by atoms with van der Waals surface area (Å²) in [7, 11) is 2.08. The first-order chi connectivity index (χ1) is 8.17. The zero-order chi connectivity index (χ0) is 12.7. The highest BCUT2D eigenvalue weighted by Gasteiger charge is 2.28. The largest absolute Gasteiger partial charge is 0.355 e. The number of rotatable bonds is 7. The van der Waals surface area contributed by atoms with Crippen LogP contribution in [0.25, 0.3) is 0 Å². The van der Waals surface area contributed by atoms with Crippen LogP contribution >= 0.6 is 11.8 Å². The summed E-state index contributed by atoms with van der Waals surface area (Å²) in [6.45, 7) is 5.65. The summed E-state index contributed by atoms with van der Waals surface area (Å²) in [5.41, 5.74) is 0. The molecular weight excluding hydrogens is 232 g/mol. The molecule has 2 atom stereocenters. The number of thioether (sulfide) groups is 1. The van der Waals surface area contributed by atoms with Crippen molar-refractivity contribution in [2.75, 3.05) is 25.9 Å². The monoisotopic (exact) mass is 258 g/mol. The highest BCUT2D eigenvalue weighted by Crippen LogP contribution is 2.31. The van der Waals surface area contributed by atoms with Crippen LogP contribution in [0.4, 0.5) is 0 Å². The van der Waals surface area contributed by atoms with Gasteiger partial charge in [0, 0.05) is 17.8 Å². The second-order valence-electron chi connectivity index (χ2n) is 4.81. The number of likely N-dealkylation sites (N-methyl/N-ethyl adjacent to an activating group) is 1. The standard InChI is InChI=1S/C13H26N2OS/c1-4-8-14-13(16)10-15(3)11-6-7-12(9-11)17-5-2/h11-12H,4-10H2,1-3H3,(H,14,16)/t11-,12+/m1/s1. The van der Waals surface area contributed by atoms with E-state index in [1.54, 1.807) is 0 Å². The molecule has 0 bridgehead atoms. The Morgan fingerprint density at radius 1 is 1.41 bits per heavy atom. The molecule has 1 aliphatic carbocycles. The Balaban J connectivity index is 2.24. The van der Waals surface area contributed by atoms with E-state index in [9.17, 15) is 4.79 Å². The van der Waals surface area contributed by atoms with Crippen LogP contribution in [0.3, 0.4) is 0 Å². The zero-order valence-corrected chi connectivity index (χ0v) is 12.2. The fraction of sp³-hybridized carbons (Fsp3) is 0.923. The molecule has 1 aliphatic rings. The van der Waals surface area contributed by atoms with E-state index in [0.717, 1.165) is 18.2 Å². The number of carbonyl (C=O) groups is 1. The molecule has 1 fully saturated rings. The van der Waals surface area contributed by atoms with E-state index in [0.29, 0.717) is 12.6 Å². The van der Waals surface area contributed by atoms with Gasteiger partial charge in [-0.3, -0.25) is 9.69 Å². The number of hydrogen-bond donors (Lipinski definition) is 1. The van der Waals surface area contributed by atoms with Gasteiger partial charge in [-0.2, -0.15) is 11.8 Å². The van der Waals surface area contributed by atoms with Crippen LogP contribution < -0.4 is 5.32 Å². The molecule has 0 unspecified atom stereocenters. The Kier molecular flexibility index (Phi) is 6.97. The van der Waals surface area contributed by atoms with Crippen molar-refractivity contribution < 1.29 is 4.79 Å². The van der Waals surface area contributed by atoms with Gasteiger partial charge in [0.2, 0.25) is 5.91 Å². The minimum Gasteiger partial charge on any atom is -0.355 e. The number of amides is 1. The molecular formula is C13H26N2OS. The fourth-order valence-corrected chi connectivity index (χ4v) is 3.51. The molecule has 0 spiro atoms. The molecule has 1 saturated carbocycles. The van der Waals surface area contributed by atoms with E-state index in [4.69, 9.17) is 0 Å². The molecule has 3 nitrogen and oxygen atoms in total. The number of carbonyl (C=O) groups excluding carboxylic acids is 1. The number of hydrogen-bond acceptors (Lipinski definition) is 3. The smallest absolute Gasteiger partial charge is 0.234 e. The van der Waals surface area contributed by atoms with Gasteiger partial charge in [-0.25, -0.2) is 0 Å². The quantitative estimate of drug-likeness (QED) is 0.759. The Morgan fingerprint density at radius 3 is 2.82 bits per heavy atom. The minimum absolute atomic E-state index is 0.168. The van der Waals surface area contributed by atoms with Gasteiger partial charge in [0.1, 0.15) is 0 Å². The molecule has 0 radical (unpaired) electrons. The molecule has 0 aliphatic heterocycles. The van der Waals surface area contributed by atoms with E-state index >= 15 is 0 Å². The SMILES string of the molecule is CCCNC(=O)CN(C)[C@@H]1CC[C@H](SCC)C1. The molecule has 0 aromatic heterocycles. The second-order valence-corrected chi connectivity index (χ2v) is 6.39. The summed E-state index contributed by atoms with van der Waals surface area (Å²) in [4.78, 5) is 13.8. The van der Waals surface area contributed by atoms with Crippen molar-refractivity contribution in [2.45, 2.75) is 50.8 Å². The van der Waals surface area contributed by atoms with E-state index in [2.05, 4.69) is 42.9 Å². The van der Waals surface area contributed by atoms with Crippen LogP contribution in [0, 0.1) is 0 Å². The van der Waals surface area contributed by atoms with Crippen molar-refractivity contribution >= 4 is 17.7 Å². The van der Waals surface area contributed by atoms with Crippen LogP contribution in [0.5, 0.6) is 0 Å². The summed E-state index contributed by atoms with van der Waals surface area (Å²) in [6.07, 6.45) is 4.81. The highest BCUT2D eigenvalue weighted by molar-refractivity contribution is 7.99. The van der Waals surface area contributed by atoms with Crippen molar-refractivity contribution in [3.8, 4) is 0 Å². The predicted octanol–water partition coefficient (Wildman–Crippen LogP) is 2.12. The van der Waals surface area contributed by atoms with Gasteiger partial charge in [0.15, 0.2) is 0 Å². The summed E-state index contributed by atoms with van der Waals surface area (Å²) in [6, 6.07) is 0.603. The van der Waals surface area contributed by atoms with Crippen molar-refractivity contribution in [3.63, 3.8) is 0 Å². The summed E-state index contributed by atoms with van der Waals surface area (Å²) < 4.78 is 0. The van der Waals surface area contributed by atoms with Crippen molar-refractivity contribution in [3.05, 3.63) is 0 Å². The third-order valence-electron chi connectivity index (χ3n) is 3.35. The molecule has 0 saturated heterocycles. The van der Waals surface area contributed by atoms with Crippen LogP contribution in [-0.2, 0) is 4.79 Å². The molecule has 1 N–H and O–H groups in total. The first-order valence-corrected chi connectivity index (χ1v) is 7.80. The lowest BCUT2D eigenvalue weighted by Gasteiger charge is -2.23. The molecule has 0 aromatic rings. The average molecular weight is 258 g/mol. The highest BCUT2D eigenvalue weighted by atomic mass is 32.2. The molecule has 4 heteroatoms. The minimum atomic E-state index is 0.168. The summed E-state index contributed by atoms with van der Waals surface area (Å²) >= 11 is 2.07. The Labute approximate surface area is 110 Å². The molecule has 17 heavy (non-hydrogen) atoms. The maximum atomic E-state index is 11.6. The van der Waals surface area contributed by atoms with Crippen LogP contribution in [0.1, 0.15) is 39.5 Å². The van der Waals surface area contributed by atoms with E-state index < -0.39 is 0 Å². The van der Waals surface area contributed by atoms with Gasteiger partial charge in [-0.05, 0) is 38.5 Å². The summed E-state index contributed by atoms with van der Waals surface area (Å²) in [5, 5.41) is 3.75. The lowest BCUT2D eigenvalue weighted by atomic mass is 10.2. The van der Waals surface area contributed by atoms with Crippen molar-refractivity contribution in [1.82, 2.24) is 10.2 Å². The molecule has 0 aromatic carbocycles. The zero-order valence-electron chi connectivity index (χ0n) is 11.4. The Bertz CT molecular complexity index is 235. The van der Waals surface area contributed by atoms with Gasteiger partial charge in [0.05, 0.1) is 6.54 Å². The van der Waals surface area contributed by atoms with E-state index in [-0.39, 0.29) is 5.91 Å².